The van der Waals surface area contributed by atoms with E-state index in [2.05, 4.69) is 0 Å². The maximum atomic E-state index is 9.96. The predicted octanol–water partition coefficient (Wildman–Crippen LogP) is -1.35. The van der Waals surface area contributed by atoms with Gasteiger partial charge in [-0.1, -0.05) is 0 Å². The van der Waals surface area contributed by atoms with Crippen LogP contribution in [0.4, 0.5) is 0 Å². The van der Waals surface area contributed by atoms with Crippen LogP contribution in [-0.4, -0.2) is 35.3 Å². The van der Waals surface area contributed by atoms with Gasteiger partial charge in [0.25, 0.3) is 0 Å². The van der Waals surface area contributed by atoms with Crippen molar-refractivity contribution in [2.75, 3.05) is 6.61 Å². The summed E-state index contributed by atoms with van der Waals surface area (Å²) < 4.78 is 0. The van der Waals surface area contributed by atoms with Gasteiger partial charge in [-0.2, -0.15) is 0 Å². The molecule has 0 amide bonds. The second-order valence-electron chi connectivity index (χ2n) is 2.15. The first-order valence-electron chi connectivity index (χ1n) is 3.22. The van der Waals surface area contributed by atoms with Crippen LogP contribution < -0.4 is 5.73 Å². The third kappa shape index (κ3) is 3.55. The minimum absolute atomic E-state index is 0.0165. The topological polar surface area (TPSA) is 83.6 Å². The van der Waals surface area contributed by atoms with E-state index >= 15 is 0 Å². The summed E-state index contributed by atoms with van der Waals surface area (Å²) in [5.41, 5.74) is 5.16. The number of aliphatic hydroxyl groups excluding tert-OH is 2. The molecule has 0 heterocycles. The smallest absolute Gasteiger partial charge is 0.139 e. The summed E-state index contributed by atoms with van der Waals surface area (Å²) in [6.45, 7) is 0.0165. The number of nitrogens with two attached hydrogens (primary N) is 1. The second kappa shape index (κ2) is 5.34. The largest absolute Gasteiger partial charge is 0.396 e. The number of hydrogen-bond acceptors (Lipinski definition) is 4. The van der Waals surface area contributed by atoms with E-state index in [4.69, 9.17) is 15.9 Å². The molecule has 4 N–H and O–H groups in total. The lowest BCUT2D eigenvalue weighted by Crippen LogP contribution is -2.35. The second-order valence-corrected chi connectivity index (χ2v) is 2.15. The molecule has 0 aromatic carbocycles. The highest BCUT2D eigenvalue weighted by Crippen LogP contribution is 1.97. The lowest BCUT2D eigenvalue weighted by atomic mass is 10.1. The van der Waals surface area contributed by atoms with Crippen LogP contribution in [0.2, 0.25) is 0 Å². The summed E-state index contributed by atoms with van der Waals surface area (Å²) in [6, 6.07) is -0.813. The van der Waals surface area contributed by atoms with Crippen LogP contribution >= 0.6 is 0 Å². The molecule has 0 saturated carbocycles. The van der Waals surface area contributed by atoms with Crippen molar-refractivity contribution in [3.05, 3.63) is 0 Å². The molecule has 2 atom stereocenters. The van der Waals surface area contributed by atoms with Crippen LogP contribution in [0.1, 0.15) is 12.8 Å². The van der Waals surface area contributed by atoms with Gasteiger partial charge in [-0.15, -0.1) is 0 Å². The summed E-state index contributed by atoms with van der Waals surface area (Å²) >= 11 is 0. The van der Waals surface area contributed by atoms with E-state index in [0.29, 0.717) is 19.1 Å². The van der Waals surface area contributed by atoms with Crippen LogP contribution in [0.5, 0.6) is 0 Å². The first kappa shape index (κ1) is 9.55. The first-order chi connectivity index (χ1) is 4.72. The van der Waals surface area contributed by atoms with Crippen molar-refractivity contribution in [3.8, 4) is 0 Å². The molecule has 0 spiro atoms. The Morgan fingerprint density at radius 2 is 2.20 bits per heavy atom. The van der Waals surface area contributed by atoms with E-state index < -0.39 is 12.1 Å². The van der Waals surface area contributed by atoms with Crippen molar-refractivity contribution in [1.82, 2.24) is 0 Å². The quantitative estimate of drug-likeness (QED) is 0.420. The third-order valence-corrected chi connectivity index (χ3v) is 1.26. The van der Waals surface area contributed by atoms with Crippen LogP contribution in [0.3, 0.4) is 0 Å². The molecule has 0 radical (unpaired) electrons. The van der Waals surface area contributed by atoms with Gasteiger partial charge in [0.1, 0.15) is 6.29 Å². The number of hydrogen-bond donors (Lipinski definition) is 3. The van der Waals surface area contributed by atoms with E-state index in [-0.39, 0.29) is 6.61 Å². The minimum Gasteiger partial charge on any atom is -0.396 e. The molecule has 0 aliphatic rings. The van der Waals surface area contributed by atoms with Crippen LogP contribution in [0.25, 0.3) is 0 Å². The van der Waals surface area contributed by atoms with Crippen molar-refractivity contribution < 1.29 is 15.0 Å². The van der Waals surface area contributed by atoms with Crippen LogP contribution in [0.15, 0.2) is 0 Å². The number of rotatable bonds is 5. The van der Waals surface area contributed by atoms with E-state index in [9.17, 15) is 4.79 Å². The third-order valence-electron chi connectivity index (χ3n) is 1.26. The standard InChI is InChI=1S/C6H13NO3/c7-5(4-9)6(10)2-1-3-8/h4-6,8,10H,1-3,7H2/t5-,6+/m1/s1. The molecule has 0 saturated heterocycles. The molecule has 0 aromatic rings. The zero-order chi connectivity index (χ0) is 7.98. The van der Waals surface area contributed by atoms with Gasteiger partial charge in [0, 0.05) is 6.61 Å². The molecule has 4 heteroatoms. The van der Waals surface area contributed by atoms with E-state index in [1.165, 1.54) is 0 Å². The van der Waals surface area contributed by atoms with Crippen molar-refractivity contribution >= 4 is 6.29 Å². The highest BCUT2D eigenvalue weighted by molar-refractivity contribution is 5.57. The van der Waals surface area contributed by atoms with Crippen molar-refractivity contribution in [3.63, 3.8) is 0 Å². The van der Waals surface area contributed by atoms with E-state index in [1.807, 2.05) is 0 Å². The Morgan fingerprint density at radius 1 is 1.60 bits per heavy atom. The van der Waals surface area contributed by atoms with Gasteiger partial charge in [-0.05, 0) is 12.8 Å². The molecule has 0 unspecified atom stereocenters. The molecule has 0 aromatic heterocycles. The molecule has 10 heavy (non-hydrogen) atoms. The average Bonchev–Trinajstić information content (AvgIpc) is 1.98. The Bertz CT molecular complexity index is 97.0. The lowest BCUT2D eigenvalue weighted by Gasteiger charge is -2.11. The molecular formula is C6H13NO3. The Morgan fingerprint density at radius 3 is 2.60 bits per heavy atom. The Balaban J connectivity index is 3.40. The summed E-state index contributed by atoms with van der Waals surface area (Å²) in [5, 5.41) is 17.3. The van der Waals surface area contributed by atoms with Gasteiger partial charge in [0.15, 0.2) is 0 Å². The lowest BCUT2D eigenvalue weighted by molar-refractivity contribution is -0.111. The summed E-state index contributed by atoms with van der Waals surface area (Å²) in [5.74, 6) is 0. The molecule has 0 fully saturated rings. The maximum Gasteiger partial charge on any atom is 0.139 e. The van der Waals surface area contributed by atoms with Crippen LogP contribution in [-0.2, 0) is 4.79 Å². The number of aldehydes is 1. The fourth-order valence-electron chi connectivity index (χ4n) is 0.584. The maximum absolute atomic E-state index is 9.96. The molecule has 0 aliphatic carbocycles. The normalized spacial score (nSPS) is 16.3. The SMILES string of the molecule is N[C@H](C=O)[C@@H](O)CCCO. The van der Waals surface area contributed by atoms with Gasteiger partial charge < -0.3 is 20.7 Å². The van der Waals surface area contributed by atoms with Crippen molar-refractivity contribution in [1.29, 1.82) is 0 Å². The predicted molar refractivity (Wildman–Crippen MR) is 36.4 cm³/mol. The Hall–Kier alpha value is -0.450. The van der Waals surface area contributed by atoms with Gasteiger partial charge in [0.2, 0.25) is 0 Å². The number of carbonyl (C=O) groups excluding carboxylic acids is 1. The summed E-state index contributed by atoms with van der Waals surface area (Å²) in [7, 11) is 0. The fourth-order valence-corrected chi connectivity index (χ4v) is 0.584. The van der Waals surface area contributed by atoms with E-state index in [0.717, 1.165) is 0 Å². The van der Waals surface area contributed by atoms with Crippen molar-refractivity contribution in [2.45, 2.75) is 25.0 Å². The Kier molecular flexibility index (Phi) is 5.10. The zero-order valence-corrected chi connectivity index (χ0v) is 5.73. The Labute approximate surface area is 59.7 Å². The van der Waals surface area contributed by atoms with Gasteiger partial charge in [-0.3, -0.25) is 0 Å². The first-order valence-corrected chi connectivity index (χ1v) is 3.22. The molecule has 60 valence electrons. The highest BCUT2D eigenvalue weighted by Gasteiger charge is 2.11. The zero-order valence-electron chi connectivity index (χ0n) is 5.73. The molecular weight excluding hydrogens is 134 g/mol. The fraction of sp³-hybridized carbons (Fsp3) is 0.833. The number of aliphatic hydroxyl groups is 2. The molecule has 0 bridgehead atoms. The van der Waals surface area contributed by atoms with Crippen LogP contribution in [0, 0.1) is 0 Å². The minimum atomic E-state index is -0.815. The van der Waals surface area contributed by atoms with Gasteiger partial charge in [0.05, 0.1) is 12.1 Å². The monoisotopic (exact) mass is 147 g/mol. The summed E-state index contributed by atoms with van der Waals surface area (Å²) in [6.07, 6.45) is 0.533. The highest BCUT2D eigenvalue weighted by atomic mass is 16.3. The number of carbonyl (C=O) groups is 1. The average molecular weight is 147 g/mol. The molecule has 0 rings (SSSR count). The van der Waals surface area contributed by atoms with Crippen molar-refractivity contribution in [2.24, 2.45) is 5.73 Å². The van der Waals surface area contributed by atoms with Gasteiger partial charge >= 0.3 is 0 Å². The van der Waals surface area contributed by atoms with Gasteiger partial charge in [-0.25, -0.2) is 0 Å². The summed E-state index contributed by atoms with van der Waals surface area (Å²) in [4.78, 5) is 9.96. The van der Waals surface area contributed by atoms with E-state index in [1.54, 1.807) is 0 Å². The molecule has 4 nitrogen and oxygen atoms in total. The molecule has 0 aliphatic heterocycles.